The van der Waals surface area contributed by atoms with Crippen LogP contribution in [0.4, 0.5) is 5.69 Å². The van der Waals surface area contributed by atoms with Gasteiger partial charge < -0.3 is 5.73 Å². The molecule has 94 valence electrons. The molecule has 0 unspecified atom stereocenters. The van der Waals surface area contributed by atoms with Crippen LogP contribution in [0.1, 0.15) is 32.6 Å². The maximum Gasteiger partial charge on any atom is 0.241 e. The highest BCUT2D eigenvalue weighted by Gasteiger charge is 2.33. The van der Waals surface area contributed by atoms with Crippen molar-refractivity contribution in [1.82, 2.24) is 4.72 Å². The summed E-state index contributed by atoms with van der Waals surface area (Å²) in [4.78, 5) is 0.241. The lowest BCUT2D eigenvalue weighted by atomic mass is 10.0. The van der Waals surface area contributed by atoms with Gasteiger partial charge in [-0.2, -0.15) is 0 Å². The smallest absolute Gasteiger partial charge is 0.241 e. The van der Waals surface area contributed by atoms with Crippen LogP contribution >= 0.6 is 0 Å². The van der Waals surface area contributed by atoms with Gasteiger partial charge in [-0.05, 0) is 38.0 Å². The molecule has 1 aliphatic rings. The fraction of sp³-hybridized carbons (Fsp3) is 0.500. The van der Waals surface area contributed by atoms with E-state index in [0.29, 0.717) is 5.69 Å². The zero-order valence-electron chi connectivity index (χ0n) is 9.94. The van der Waals surface area contributed by atoms with Crippen molar-refractivity contribution in [1.29, 1.82) is 0 Å². The first kappa shape index (κ1) is 12.4. The third kappa shape index (κ3) is 2.79. The van der Waals surface area contributed by atoms with Gasteiger partial charge in [-0.15, -0.1) is 0 Å². The molecular formula is C12H18N2O2S. The summed E-state index contributed by atoms with van der Waals surface area (Å²) in [6.07, 6.45) is 3.95. The number of nitrogens with one attached hydrogen (secondary N) is 1. The first-order valence-electron chi connectivity index (χ1n) is 5.81. The van der Waals surface area contributed by atoms with E-state index in [0.717, 1.165) is 25.7 Å². The topological polar surface area (TPSA) is 72.2 Å². The number of rotatable bonds is 3. The summed E-state index contributed by atoms with van der Waals surface area (Å²) in [5.41, 5.74) is 5.76. The number of anilines is 1. The molecule has 4 nitrogen and oxygen atoms in total. The predicted octanol–water partition coefficient (Wildman–Crippen LogP) is 1.88. The van der Waals surface area contributed by atoms with Gasteiger partial charge in [0.2, 0.25) is 10.0 Å². The summed E-state index contributed by atoms with van der Waals surface area (Å²) >= 11 is 0. The second-order valence-corrected chi connectivity index (χ2v) is 6.63. The minimum atomic E-state index is -3.45. The average Bonchev–Trinajstić information content (AvgIpc) is 2.64. The van der Waals surface area contributed by atoms with Gasteiger partial charge in [0.15, 0.2) is 0 Å². The van der Waals surface area contributed by atoms with Crippen LogP contribution in [-0.2, 0) is 10.0 Å². The van der Waals surface area contributed by atoms with E-state index in [4.69, 9.17) is 5.73 Å². The molecule has 0 aliphatic heterocycles. The van der Waals surface area contributed by atoms with Gasteiger partial charge in [-0.3, -0.25) is 0 Å². The summed E-state index contributed by atoms with van der Waals surface area (Å²) in [5.74, 6) is 0. The lowest BCUT2D eigenvalue weighted by Gasteiger charge is -2.24. The molecule has 3 N–H and O–H groups in total. The van der Waals surface area contributed by atoms with Crippen molar-refractivity contribution in [2.75, 3.05) is 5.73 Å². The van der Waals surface area contributed by atoms with Crippen LogP contribution in [0.3, 0.4) is 0 Å². The fourth-order valence-electron chi connectivity index (χ4n) is 2.32. The van der Waals surface area contributed by atoms with E-state index in [-0.39, 0.29) is 10.4 Å². The lowest BCUT2D eigenvalue weighted by molar-refractivity contribution is 0.427. The molecule has 0 aromatic heterocycles. The van der Waals surface area contributed by atoms with E-state index < -0.39 is 10.0 Å². The van der Waals surface area contributed by atoms with Crippen LogP contribution in [-0.4, -0.2) is 14.0 Å². The second-order valence-electron chi connectivity index (χ2n) is 4.95. The highest BCUT2D eigenvalue weighted by molar-refractivity contribution is 7.89. The Hall–Kier alpha value is -1.07. The summed E-state index contributed by atoms with van der Waals surface area (Å²) in [7, 11) is -3.45. The van der Waals surface area contributed by atoms with Crippen LogP contribution in [0.5, 0.6) is 0 Å². The molecule has 0 heterocycles. The predicted molar refractivity (Wildman–Crippen MR) is 68.0 cm³/mol. The number of sulfonamides is 1. The Labute approximate surface area is 102 Å². The molecule has 1 aliphatic carbocycles. The number of nitrogens with two attached hydrogens (primary N) is 1. The molecule has 1 aromatic rings. The van der Waals surface area contributed by atoms with E-state index in [9.17, 15) is 8.42 Å². The number of nitrogen functional groups attached to an aromatic ring is 1. The minimum absolute atomic E-state index is 0.241. The number of hydrogen-bond donors (Lipinski definition) is 2. The Kier molecular flexibility index (Phi) is 3.14. The van der Waals surface area contributed by atoms with Gasteiger partial charge in [-0.25, -0.2) is 13.1 Å². The molecule has 5 heteroatoms. The minimum Gasteiger partial charge on any atom is -0.399 e. The van der Waals surface area contributed by atoms with Crippen molar-refractivity contribution in [2.24, 2.45) is 0 Å². The molecule has 0 atom stereocenters. The van der Waals surface area contributed by atoms with Gasteiger partial charge in [-0.1, -0.05) is 18.9 Å². The fourth-order valence-corrected chi connectivity index (χ4v) is 3.84. The first-order valence-corrected chi connectivity index (χ1v) is 7.29. The zero-order valence-corrected chi connectivity index (χ0v) is 10.8. The van der Waals surface area contributed by atoms with Gasteiger partial charge in [0.1, 0.15) is 0 Å². The third-order valence-corrected chi connectivity index (χ3v) is 4.89. The Balaban J connectivity index is 2.25. The quantitative estimate of drug-likeness (QED) is 0.809. The monoisotopic (exact) mass is 254 g/mol. The molecule has 0 spiro atoms. The Morgan fingerprint density at radius 3 is 2.53 bits per heavy atom. The molecule has 0 amide bonds. The number of benzene rings is 1. The van der Waals surface area contributed by atoms with E-state index in [1.165, 1.54) is 6.07 Å². The van der Waals surface area contributed by atoms with Crippen molar-refractivity contribution >= 4 is 15.7 Å². The van der Waals surface area contributed by atoms with Crippen LogP contribution in [0.15, 0.2) is 29.2 Å². The third-order valence-electron chi connectivity index (χ3n) is 3.26. The molecule has 0 bridgehead atoms. The van der Waals surface area contributed by atoms with Gasteiger partial charge in [0.05, 0.1) is 4.90 Å². The maximum absolute atomic E-state index is 12.2. The largest absolute Gasteiger partial charge is 0.399 e. The SMILES string of the molecule is CC1(NS(=O)(=O)c2cccc(N)c2)CCCC1. The van der Waals surface area contributed by atoms with E-state index in [1.54, 1.807) is 18.2 Å². The molecular weight excluding hydrogens is 236 g/mol. The summed E-state index contributed by atoms with van der Waals surface area (Å²) in [5, 5.41) is 0. The molecule has 1 fully saturated rings. The highest BCUT2D eigenvalue weighted by Crippen LogP contribution is 2.30. The molecule has 1 saturated carbocycles. The Morgan fingerprint density at radius 2 is 1.94 bits per heavy atom. The van der Waals surface area contributed by atoms with Gasteiger partial charge >= 0.3 is 0 Å². The van der Waals surface area contributed by atoms with Crippen LogP contribution in [0.25, 0.3) is 0 Å². The van der Waals surface area contributed by atoms with Gasteiger partial charge in [0.25, 0.3) is 0 Å². The van der Waals surface area contributed by atoms with Crippen molar-refractivity contribution in [3.05, 3.63) is 24.3 Å². The second kappa shape index (κ2) is 4.31. The average molecular weight is 254 g/mol. The van der Waals surface area contributed by atoms with Crippen molar-refractivity contribution in [2.45, 2.75) is 43.0 Å². The summed E-state index contributed by atoms with van der Waals surface area (Å²) in [6, 6.07) is 6.38. The van der Waals surface area contributed by atoms with Crippen LogP contribution < -0.4 is 10.5 Å². The van der Waals surface area contributed by atoms with Crippen LogP contribution in [0.2, 0.25) is 0 Å². The van der Waals surface area contributed by atoms with E-state index in [1.807, 2.05) is 6.92 Å². The molecule has 2 rings (SSSR count). The Bertz CT molecular complexity index is 505. The first-order chi connectivity index (χ1) is 7.91. The van der Waals surface area contributed by atoms with Gasteiger partial charge in [0, 0.05) is 11.2 Å². The van der Waals surface area contributed by atoms with Crippen molar-refractivity contribution in [3.8, 4) is 0 Å². The van der Waals surface area contributed by atoms with Crippen molar-refractivity contribution < 1.29 is 8.42 Å². The molecule has 17 heavy (non-hydrogen) atoms. The zero-order chi connectivity index (χ0) is 12.5. The van der Waals surface area contributed by atoms with Crippen molar-refractivity contribution in [3.63, 3.8) is 0 Å². The Morgan fingerprint density at radius 1 is 1.29 bits per heavy atom. The summed E-state index contributed by atoms with van der Waals surface area (Å²) in [6.45, 7) is 1.96. The lowest BCUT2D eigenvalue weighted by Crippen LogP contribution is -2.43. The maximum atomic E-state index is 12.2. The standard InChI is InChI=1S/C12H18N2O2S/c1-12(7-2-3-8-12)14-17(15,16)11-6-4-5-10(13)9-11/h4-6,9,14H,2-3,7-8,13H2,1H3. The molecule has 0 saturated heterocycles. The summed E-state index contributed by atoms with van der Waals surface area (Å²) < 4.78 is 27.1. The van der Waals surface area contributed by atoms with E-state index in [2.05, 4.69) is 4.72 Å². The van der Waals surface area contributed by atoms with E-state index >= 15 is 0 Å². The van der Waals surface area contributed by atoms with Crippen LogP contribution in [0, 0.1) is 0 Å². The highest BCUT2D eigenvalue weighted by atomic mass is 32.2. The molecule has 1 aromatic carbocycles. The molecule has 0 radical (unpaired) electrons. The normalized spacial score (nSPS) is 19.4. The number of hydrogen-bond acceptors (Lipinski definition) is 3.